The maximum atomic E-state index is 12.5. The zero-order valence-electron chi connectivity index (χ0n) is 31.5. The average molecular weight is 706 g/mol. The van der Waals surface area contributed by atoms with Crippen LogP contribution in [0.1, 0.15) is 181 Å². The molecule has 0 aromatic heterocycles. The van der Waals surface area contributed by atoms with Crippen LogP contribution < -0.4 is 5.32 Å². The molecule has 0 aromatic carbocycles. The summed E-state index contributed by atoms with van der Waals surface area (Å²) >= 11 is 0. The Morgan fingerprint density at radius 3 is 1.47 bits per heavy atom. The van der Waals surface area contributed by atoms with E-state index in [4.69, 9.17) is 0 Å². The molecule has 7 heteroatoms. The summed E-state index contributed by atoms with van der Waals surface area (Å²) in [5, 5.41) is 13.2. The molecule has 0 bridgehead atoms. The minimum absolute atomic E-state index is 0.271. The molecular weight excluding hydrogens is 631 g/mol. The first kappa shape index (κ1) is 47.0. The average Bonchev–Trinajstić information content (AvgIpc) is 3.06. The van der Waals surface area contributed by atoms with Crippen LogP contribution in [-0.4, -0.2) is 41.9 Å². The molecule has 0 fully saturated rings. The molecule has 0 saturated carbocycles. The van der Waals surface area contributed by atoms with E-state index in [-0.39, 0.29) is 12.3 Å². The van der Waals surface area contributed by atoms with Gasteiger partial charge in [-0.25, -0.2) is 0 Å². The minimum atomic E-state index is -4.36. The smallest absolute Gasteiger partial charge is 0.267 e. The summed E-state index contributed by atoms with van der Waals surface area (Å²) < 4.78 is 32.4. The molecule has 3 N–H and O–H groups in total. The van der Waals surface area contributed by atoms with Gasteiger partial charge in [0.2, 0.25) is 5.91 Å². The number of carbonyl (C=O) groups is 1. The van der Waals surface area contributed by atoms with Gasteiger partial charge in [-0.3, -0.25) is 9.35 Å². The second-order valence-electron chi connectivity index (χ2n) is 13.5. The van der Waals surface area contributed by atoms with Crippen LogP contribution in [0.3, 0.4) is 0 Å². The number of aliphatic hydroxyl groups is 1. The van der Waals surface area contributed by atoms with Gasteiger partial charge in [-0.2, -0.15) is 8.42 Å². The van der Waals surface area contributed by atoms with Gasteiger partial charge < -0.3 is 10.4 Å². The van der Waals surface area contributed by atoms with Crippen molar-refractivity contribution in [2.45, 2.75) is 193 Å². The van der Waals surface area contributed by atoms with Crippen LogP contribution in [0, 0.1) is 0 Å². The fourth-order valence-electron chi connectivity index (χ4n) is 5.65. The van der Waals surface area contributed by atoms with Gasteiger partial charge in [-0.05, 0) is 70.6 Å². The molecule has 0 heterocycles. The number of unbranched alkanes of at least 4 members (excludes halogenated alkanes) is 19. The maximum absolute atomic E-state index is 12.5. The van der Waals surface area contributed by atoms with Crippen molar-refractivity contribution in [1.29, 1.82) is 0 Å². The normalized spacial score (nSPS) is 14.0. The minimum Gasteiger partial charge on any atom is -0.387 e. The van der Waals surface area contributed by atoms with Gasteiger partial charge in [0, 0.05) is 6.42 Å². The van der Waals surface area contributed by atoms with Crippen molar-refractivity contribution in [2.75, 3.05) is 5.75 Å². The van der Waals surface area contributed by atoms with Gasteiger partial charge in [0.15, 0.2) is 0 Å². The largest absolute Gasteiger partial charge is 0.387 e. The van der Waals surface area contributed by atoms with E-state index in [2.05, 4.69) is 67.8 Å². The Kier molecular flexibility index (Phi) is 34.4. The van der Waals surface area contributed by atoms with E-state index in [1.807, 2.05) is 0 Å². The monoisotopic (exact) mass is 706 g/mol. The Balaban J connectivity index is 4.03. The molecule has 0 radical (unpaired) electrons. The molecule has 1 amide bonds. The Morgan fingerprint density at radius 2 is 0.939 bits per heavy atom. The highest BCUT2D eigenvalue weighted by atomic mass is 32.2. The van der Waals surface area contributed by atoms with Gasteiger partial charge in [-0.1, -0.05) is 164 Å². The Morgan fingerprint density at radius 1 is 0.551 bits per heavy atom. The highest BCUT2D eigenvalue weighted by Crippen LogP contribution is 2.12. The molecule has 49 heavy (non-hydrogen) atoms. The quantitative estimate of drug-likeness (QED) is 0.0346. The first-order valence-corrected chi connectivity index (χ1v) is 21.6. The van der Waals surface area contributed by atoms with Crippen LogP contribution in [0.25, 0.3) is 0 Å². The third-order valence-corrected chi connectivity index (χ3v) is 9.45. The summed E-state index contributed by atoms with van der Waals surface area (Å²) in [5.41, 5.74) is 0. The lowest BCUT2D eigenvalue weighted by molar-refractivity contribution is -0.122. The molecule has 0 rings (SSSR count). The molecule has 0 saturated heterocycles. The summed E-state index contributed by atoms with van der Waals surface area (Å²) in [4.78, 5) is 12.5. The van der Waals surface area contributed by atoms with Gasteiger partial charge in [0.25, 0.3) is 10.1 Å². The van der Waals surface area contributed by atoms with E-state index in [9.17, 15) is 22.9 Å². The van der Waals surface area contributed by atoms with Crippen molar-refractivity contribution in [3.8, 4) is 0 Å². The molecule has 0 aliphatic rings. The first-order valence-electron chi connectivity index (χ1n) is 20.0. The fourth-order valence-corrected chi connectivity index (χ4v) is 6.38. The molecule has 0 aliphatic heterocycles. The molecule has 0 aromatic rings. The third-order valence-electron chi connectivity index (χ3n) is 8.67. The molecule has 0 spiro atoms. The molecule has 284 valence electrons. The number of aliphatic hydroxyl groups excluding tert-OH is 1. The Hall–Kier alpha value is -1.96. The van der Waals surface area contributed by atoms with E-state index < -0.39 is 28.0 Å². The number of carbonyl (C=O) groups excluding carboxylic acids is 1. The second-order valence-corrected chi connectivity index (χ2v) is 15.0. The van der Waals surface area contributed by atoms with E-state index in [0.29, 0.717) is 12.8 Å². The predicted molar refractivity (Wildman–Crippen MR) is 211 cm³/mol. The lowest BCUT2D eigenvalue weighted by Gasteiger charge is -2.21. The molecule has 6 nitrogen and oxygen atoms in total. The van der Waals surface area contributed by atoms with Crippen molar-refractivity contribution in [1.82, 2.24) is 5.32 Å². The highest BCUT2D eigenvalue weighted by molar-refractivity contribution is 7.85. The van der Waals surface area contributed by atoms with Gasteiger partial charge in [0.05, 0.1) is 17.9 Å². The lowest BCUT2D eigenvalue weighted by atomic mass is 10.1. The van der Waals surface area contributed by atoms with Crippen molar-refractivity contribution in [3.05, 3.63) is 60.8 Å². The highest BCUT2D eigenvalue weighted by Gasteiger charge is 2.24. The van der Waals surface area contributed by atoms with Gasteiger partial charge in [0.1, 0.15) is 0 Å². The van der Waals surface area contributed by atoms with E-state index in [1.54, 1.807) is 6.08 Å². The number of allylic oxidation sites excluding steroid dienone is 9. The predicted octanol–water partition coefficient (Wildman–Crippen LogP) is 11.7. The van der Waals surface area contributed by atoms with E-state index in [0.717, 1.165) is 51.4 Å². The van der Waals surface area contributed by atoms with Crippen LogP contribution in [-0.2, 0) is 14.9 Å². The number of amides is 1. The maximum Gasteiger partial charge on any atom is 0.267 e. The first-order chi connectivity index (χ1) is 23.8. The Labute approximate surface area is 302 Å². The SMILES string of the molecule is CCCCC/C=C\C/C=C\C/C=C\CCCCCCCCC(=O)NC(CS(=O)(=O)O)C(O)/C=C/CC/C=C/CCCCCCCCCCC. The molecule has 2 atom stereocenters. The summed E-state index contributed by atoms with van der Waals surface area (Å²) in [7, 11) is -4.36. The van der Waals surface area contributed by atoms with E-state index in [1.165, 1.54) is 102 Å². The summed E-state index contributed by atoms with van der Waals surface area (Å²) in [6.45, 7) is 4.48. The zero-order chi connectivity index (χ0) is 36.1. The Bertz CT molecular complexity index is 999. The van der Waals surface area contributed by atoms with Crippen LogP contribution in [0.15, 0.2) is 60.8 Å². The van der Waals surface area contributed by atoms with Crippen LogP contribution >= 0.6 is 0 Å². The topological polar surface area (TPSA) is 104 Å². The van der Waals surface area contributed by atoms with E-state index >= 15 is 0 Å². The second kappa shape index (κ2) is 35.9. The molecule has 0 aliphatic carbocycles. The van der Waals surface area contributed by atoms with Crippen molar-refractivity contribution in [3.63, 3.8) is 0 Å². The summed E-state index contributed by atoms with van der Waals surface area (Å²) in [6.07, 6.45) is 49.1. The number of hydrogen-bond donors (Lipinski definition) is 3. The third kappa shape index (κ3) is 37.1. The number of hydrogen-bond acceptors (Lipinski definition) is 4. The van der Waals surface area contributed by atoms with Crippen LogP contribution in [0.4, 0.5) is 0 Å². The number of nitrogens with one attached hydrogen (secondary N) is 1. The van der Waals surface area contributed by atoms with Crippen molar-refractivity contribution < 1.29 is 22.9 Å². The summed E-state index contributed by atoms with van der Waals surface area (Å²) in [6, 6.07) is -1.08. The fraction of sp³-hybridized carbons (Fsp3) is 0.738. The number of rotatable bonds is 35. The van der Waals surface area contributed by atoms with Crippen molar-refractivity contribution in [2.24, 2.45) is 0 Å². The molecule has 2 unspecified atom stereocenters. The van der Waals surface area contributed by atoms with Gasteiger partial charge >= 0.3 is 0 Å². The van der Waals surface area contributed by atoms with Crippen LogP contribution in [0.5, 0.6) is 0 Å². The standard InChI is InChI=1S/C42H75NO5S/c1-3-5-7-9-11-13-15-17-19-20-21-22-24-26-28-30-32-34-36-38-42(45)43-40(39-49(46,47)48)41(44)37-35-33-31-29-27-25-23-18-16-14-12-10-8-6-4-2/h11,13,17,19,21-22,27,29,35,37,40-41,44H,3-10,12,14-16,18,20,23-26,28,30-34,36,38-39H2,1-2H3,(H,43,45)(H,46,47,48)/b13-11-,19-17-,22-21-,29-27+,37-35+. The van der Waals surface area contributed by atoms with Crippen LogP contribution in [0.2, 0.25) is 0 Å². The van der Waals surface area contributed by atoms with Crippen molar-refractivity contribution >= 4 is 16.0 Å². The molecular formula is C42H75NO5S. The summed E-state index contributed by atoms with van der Waals surface area (Å²) in [5.74, 6) is -1.02. The van der Waals surface area contributed by atoms with Gasteiger partial charge in [-0.15, -0.1) is 0 Å². The zero-order valence-corrected chi connectivity index (χ0v) is 32.4. The lowest BCUT2D eigenvalue weighted by Crippen LogP contribution is -2.46.